The molecule has 4 aromatic rings. The Morgan fingerprint density at radius 3 is 2.71 bits per heavy atom. The Labute approximate surface area is 203 Å². The van der Waals surface area contributed by atoms with Crippen molar-refractivity contribution in [1.29, 1.82) is 0 Å². The molecule has 0 unspecified atom stereocenters. The molecule has 0 saturated carbocycles. The molecule has 8 nitrogen and oxygen atoms in total. The maximum atomic E-state index is 13.9. The van der Waals surface area contributed by atoms with Crippen molar-refractivity contribution in [2.75, 3.05) is 6.61 Å². The lowest BCUT2D eigenvalue weighted by molar-refractivity contribution is -0.384. The number of nitrogens with one attached hydrogen (secondary N) is 1. The third kappa shape index (κ3) is 5.79. The fourth-order valence-corrected chi connectivity index (χ4v) is 4.17. The third-order valence-corrected chi connectivity index (χ3v) is 6.04. The van der Waals surface area contributed by atoms with E-state index < -0.39 is 10.8 Å². The molecule has 178 valence electrons. The number of carbonyl (C=O) groups is 1. The first-order valence-electron chi connectivity index (χ1n) is 10.6. The van der Waals surface area contributed by atoms with Crippen LogP contribution in [0.25, 0.3) is 10.1 Å². The van der Waals surface area contributed by atoms with Crippen LogP contribution in [0.1, 0.15) is 27.7 Å². The Hall–Kier alpha value is -4.31. The van der Waals surface area contributed by atoms with Gasteiger partial charge in [-0.25, -0.2) is 9.82 Å². The van der Waals surface area contributed by atoms with E-state index in [0.29, 0.717) is 39.5 Å². The maximum absolute atomic E-state index is 13.9. The highest BCUT2D eigenvalue weighted by molar-refractivity contribution is 7.20. The van der Waals surface area contributed by atoms with Crippen LogP contribution < -0.4 is 14.9 Å². The monoisotopic (exact) mass is 493 g/mol. The highest BCUT2D eigenvalue weighted by atomic mass is 32.1. The van der Waals surface area contributed by atoms with Crippen LogP contribution in [0, 0.1) is 15.9 Å². The van der Waals surface area contributed by atoms with Crippen molar-refractivity contribution < 1.29 is 23.6 Å². The normalized spacial score (nSPS) is 11.0. The predicted octanol–water partition coefficient (Wildman–Crippen LogP) is 5.69. The molecule has 0 atom stereocenters. The van der Waals surface area contributed by atoms with Crippen LogP contribution in [0.4, 0.5) is 10.1 Å². The van der Waals surface area contributed by atoms with Gasteiger partial charge >= 0.3 is 0 Å². The number of hydrogen-bond acceptors (Lipinski definition) is 7. The Bertz CT molecular complexity index is 1420. The number of benzene rings is 3. The molecule has 1 N–H and O–H groups in total. The van der Waals surface area contributed by atoms with Gasteiger partial charge in [0.2, 0.25) is 0 Å². The Balaban J connectivity index is 1.43. The Kier molecular flexibility index (Phi) is 7.32. The standard InChI is InChI=1S/C25H20FN3O5S/c1-2-33-22-11-16(7-9-21(22)34-15-17-5-3-4-6-20(17)26)14-27-28-25(30)24-13-18-12-19(29(31)32)8-10-23(18)35-24/h3-14H,2,15H2,1H3,(H,28,30)/b27-14-. The topological polar surface area (TPSA) is 103 Å². The first kappa shape index (κ1) is 23.8. The average Bonchev–Trinajstić information content (AvgIpc) is 3.28. The van der Waals surface area contributed by atoms with Crippen molar-refractivity contribution in [2.45, 2.75) is 13.5 Å². The van der Waals surface area contributed by atoms with Crippen molar-refractivity contribution in [3.63, 3.8) is 0 Å². The molecular weight excluding hydrogens is 473 g/mol. The molecule has 0 aliphatic carbocycles. The number of nitro benzene ring substituents is 1. The van der Waals surface area contributed by atoms with Gasteiger partial charge < -0.3 is 9.47 Å². The highest BCUT2D eigenvalue weighted by Crippen LogP contribution is 2.30. The number of ether oxygens (including phenoxy) is 2. The van der Waals surface area contributed by atoms with E-state index in [0.717, 1.165) is 4.70 Å². The van der Waals surface area contributed by atoms with E-state index in [4.69, 9.17) is 9.47 Å². The van der Waals surface area contributed by atoms with Gasteiger partial charge in [-0.05, 0) is 48.9 Å². The third-order valence-electron chi connectivity index (χ3n) is 4.92. The van der Waals surface area contributed by atoms with E-state index in [1.54, 1.807) is 48.5 Å². The summed E-state index contributed by atoms with van der Waals surface area (Å²) < 4.78 is 26.0. The number of rotatable bonds is 9. The number of carbonyl (C=O) groups excluding carboxylic acids is 1. The molecule has 0 fully saturated rings. The second kappa shape index (κ2) is 10.7. The van der Waals surface area contributed by atoms with Gasteiger partial charge in [-0.3, -0.25) is 14.9 Å². The molecule has 1 aromatic heterocycles. The second-order valence-electron chi connectivity index (χ2n) is 7.31. The van der Waals surface area contributed by atoms with Crippen molar-refractivity contribution in [1.82, 2.24) is 5.43 Å². The largest absolute Gasteiger partial charge is 0.490 e. The lowest BCUT2D eigenvalue weighted by atomic mass is 10.2. The van der Waals surface area contributed by atoms with Gasteiger partial charge in [0.15, 0.2) is 11.5 Å². The molecule has 0 radical (unpaired) electrons. The van der Waals surface area contributed by atoms with E-state index in [9.17, 15) is 19.3 Å². The molecule has 0 bridgehead atoms. The van der Waals surface area contributed by atoms with Crippen molar-refractivity contribution in [3.8, 4) is 11.5 Å². The summed E-state index contributed by atoms with van der Waals surface area (Å²) in [4.78, 5) is 23.3. The average molecular weight is 494 g/mol. The van der Waals surface area contributed by atoms with Crippen LogP contribution in [0.3, 0.4) is 0 Å². The summed E-state index contributed by atoms with van der Waals surface area (Å²) in [5, 5.41) is 15.6. The minimum atomic E-state index is -0.478. The number of thiophene rings is 1. The second-order valence-corrected chi connectivity index (χ2v) is 8.39. The molecule has 0 aliphatic heterocycles. The quantitative estimate of drug-likeness (QED) is 0.183. The zero-order chi connectivity index (χ0) is 24.8. The summed E-state index contributed by atoms with van der Waals surface area (Å²) in [7, 11) is 0. The summed E-state index contributed by atoms with van der Waals surface area (Å²) in [6.45, 7) is 2.29. The van der Waals surface area contributed by atoms with Crippen molar-refractivity contribution >= 4 is 39.2 Å². The first-order valence-corrected chi connectivity index (χ1v) is 11.4. The van der Waals surface area contributed by atoms with Crippen LogP contribution in [0.5, 0.6) is 11.5 Å². The van der Waals surface area contributed by atoms with Gasteiger partial charge in [-0.15, -0.1) is 11.3 Å². The zero-order valence-electron chi connectivity index (χ0n) is 18.6. The molecule has 3 aromatic carbocycles. The minimum absolute atomic E-state index is 0.0355. The fraction of sp³-hybridized carbons (Fsp3) is 0.120. The molecule has 1 amide bonds. The van der Waals surface area contributed by atoms with Crippen molar-refractivity contribution in [3.05, 3.63) is 98.7 Å². The van der Waals surface area contributed by atoms with Crippen LogP contribution >= 0.6 is 11.3 Å². The summed E-state index contributed by atoms with van der Waals surface area (Å²) in [6.07, 6.45) is 1.46. The molecule has 4 rings (SSSR count). The van der Waals surface area contributed by atoms with Crippen LogP contribution in [0.15, 0.2) is 71.8 Å². The summed E-state index contributed by atoms with van der Waals surface area (Å²) >= 11 is 1.22. The molecule has 0 spiro atoms. The van der Waals surface area contributed by atoms with Gasteiger partial charge in [0.05, 0.1) is 22.6 Å². The molecule has 10 heteroatoms. The number of amides is 1. The number of fused-ring (bicyclic) bond motifs is 1. The summed E-state index contributed by atoms with van der Waals surface area (Å²) in [5.41, 5.74) is 3.50. The first-order chi connectivity index (χ1) is 16.9. The molecule has 1 heterocycles. The SMILES string of the molecule is CCOc1cc(/C=N\NC(=O)c2cc3cc([N+](=O)[O-])ccc3s2)ccc1OCc1ccccc1F. The van der Waals surface area contributed by atoms with E-state index in [2.05, 4.69) is 10.5 Å². The molecular formula is C25H20FN3O5S. The molecule has 0 aliphatic rings. The lowest BCUT2D eigenvalue weighted by Gasteiger charge is -2.13. The Morgan fingerprint density at radius 2 is 1.94 bits per heavy atom. The Morgan fingerprint density at radius 1 is 1.11 bits per heavy atom. The fourth-order valence-electron chi connectivity index (χ4n) is 3.24. The lowest BCUT2D eigenvalue weighted by Crippen LogP contribution is -2.16. The number of non-ortho nitro benzene ring substituents is 1. The number of hydrazone groups is 1. The van der Waals surface area contributed by atoms with Crippen LogP contribution in [0.2, 0.25) is 0 Å². The highest BCUT2D eigenvalue weighted by Gasteiger charge is 2.13. The van der Waals surface area contributed by atoms with E-state index in [1.165, 1.54) is 35.8 Å². The number of hydrogen-bond donors (Lipinski definition) is 1. The predicted molar refractivity (Wildman–Crippen MR) is 132 cm³/mol. The van der Waals surface area contributed by atoms with E-state index in [-0.39, 0.29) is 18.1 Å². The molecule has 35 heavy (non-hydrogen) atoms. The summed E-state index contributed by atoms with van der Waals surface area (Å²) in [6, 6.07) is 17.5. The number of nitro groups is 1. The van der Waals surface area contributed by atoms with E-state index in [1.807, 2.05) is 6.92 Å². The van der Waals surface area contributed by atoms with Crippen LogP contribution in [-0.4, -0.2) is 23.7 Å². The molecule has 0 saturated heterocycles. The number of halogens is 1. The van der Waals surface area contributed by atoms with Gasteiger partial charge in [0, 0.05) is 27.8 Å². The van der Waals surface area contributed by atoms with Gasteiger partial charge in [0.25, 0.3) is 11.6 Å². The van der Waals surface area contributed by atoms with Crippen LogP contribution in [-0.2, 0) is 6.61 Å². The zero-order valence-corrected chi connectivity index (χ0v) is 19.4. The van der Waals surface area contributed by atoms with Crippen molar-refractivity contribution in [2.24, 2.45) is 5.10 Å². The minimum Gasteiger partial charge on any atom is -0.490 e. The smallest absolute Gasteiger partial charge is 0.281 e. The van der Waals surface area contributed by atoms with Gasteiger partial charge in [0.1, 0.15) is 12.4 Å². The van der Waals surface area contributed by atoms with E-state index >= 15 is 0 Å². The summed E-state index contributed by atoms with van der Waals surface area (Å²) in [5.74, 6) is 0.141. The number of nitrogens with zero attached hydrogens (tertiary/aromatic N) is 2. The van der Waals surface area contributed by atoms with Gasteiger partial charge in [-0.1, -0.05) is 18.2 Å². The maximum Gasteiger partial charge on any atom is 0.281 e. The van der Waals surface area contributed by atoms with Gasteiger partial charge in [-0.2, -0.15) is 5.10 Å².